The normalized spacial score (nSPS) is 13.8. The molecule has 4 rings (SSSR count). The Hall–Kier alpha value is -2.17. The summed E-state index contributed by atoms with van der Waals surface area (Å²) in [5.74, 6) is -0.252. The quantitative estimate of drug-likeness (QED) is 0.753. The zero-order valence-corrected chi connectivity index (χ0v) is 14.1. The van der Waals surface area contributed by atoms with Crippen LogP contribution in [0, 0.1) is 12.7 Å². The van der Waals surface area contributed by atoms with Crippen LogP contribution in [0.3, 0.4) is 0 Å². The average molecular weight is 342 g/mol. The molecule has 0 fully saturated rings. The standard InChI is InChI=1S/C19H17ClFN3/c1-12-15(20)6-4-8-17(12)24-18-9-10-22-11-14(18)19(23-24)13-5-2-3-7-16(13)21/h2-8,22H,9-11H2,1H3. The molecule has 1 aliphatic heterocycles. The second-order valence-electron chi connectivity index (χ2n) is 5.98. The minimum atomic E-state index is -0.252. The van der Waals surface area contributed by atoms with Crippen molar-refractivity contribution >= 4 is 11.6 Å². The van der Waals surface area contributed by atoms with Gasteiger partial charge in [-0.05, 0) is 36.8 Å². The number of aromatic nitrogens is 2. The molecule has 0 radical (unpaired) electrons. The molecule has 0 saturated carbocycles. The van der Waals surface area contributed by atoms with Gasteiger partial charge in [-0.1, -0.05) is 29.8 Å². The van der Waals surface area contributed by atoms with E-state index >= 15 is 0 Å². The number of halogens is 2. The monoisotopic (exact) mass is 341 g/mol. The molecule has 1 N–H and O–H groups in total. The number of nitrogens with zero attached hydrogens (tertiary/aromatic N) is 2. The van der Waals surface area contributed by atoms with Crippen LogP contribution in [0.1, 0.15) is 16.8 Å². The Morgan fingerprint density at radius 3 is 2.83 bits per heavy atom. The minimum absolute atomic E-state index is 0.252. The van der Waals surface area contributed by atoms with Crippen LogP contribution in [0.5, 0.6) is 0 Å². The lowest BCUT2D eigenvalue weighted by Gasteiger charge is -2.17. The Morgan fingerprint density at radius 2 is 2.00 bits per heavy atom. The molecular formula is C19H17ClFN3. The highest BCUT2D eigenvalue weighted by atomic mass is 35.5. The first kappa shape index (κ1) is 15.4. The first-order chi connectivity index (χ1) is 11.7. The highest BCUT2D eigenvalue weighted by Crippen LogP contribution is 2.32. The molecule has 0 atom stereocenters. The summed E-state index contributed by atoms with van der Waals surface area (Å²) in [4.78, 5) is 0. The molecular weight excluding hydrogens is 325 g/mol. The molecule has 1 aliphatic rings. The summed E-state index contributed by atoms with van der Waals surface area (Å²) in [5.41, 5.74) is 5.35. The largest absolute Gasteiger partial charge is 0.312 e. The predicted molar refractivity (Wildman–Crippen MR) is 94.1 cm³/mol. The highest BCUT2D eigenvalue weighted by Gasteiger charge is 2.24. The SMILES string of the molecule is Cc1c(Cl)cccc1-n1nc(-c2ccccc2F)c2c1CCNC2. The first-order valence-electron chi connectivity index (χ1n) is 7.98. The lowest BCUT2D eigenvalue weighted by atomic mass is 10.0. The van der Waals surface area contributed by atoms with Crippen LogP contribution >= 0.6 is 11.6 Å². The molecule has 2 aromatic carbocycles. The summed E-state index contributed by atoms with van der Waals surface area (Å²) in [6.45, 7) is 3.56. The van der Waals surface area contributed by atoms with Crippen LogP contribution in [0.4, 0.5) is 4.39 Å². The number of fused-ring (bicyclic) bond motifs is 1. The predicted octanol–water partition coefficient (Wildman–Crippen LogP) is 4.29. The fourth-order valence-corrected chi connectivity index (χ4v) is 3.41. The molecule has 0 aliphatic carbocycles. The molecule has 0 unspecified atom stereocenters. The average Bonchev–Trinajstić information content (AvgIpc) is 2.97. The van der Waals surface area contributed by atoms with E-state index < -0.39 is 0 Å². The Morgan fingerprint density at radius 1 is 1.17 bits per heavy atom. The van der Waals surface area contributed by atoms with Gasteiger partial charge in [0.05, 0.1) is 11.4 Å². The second-order valence-corrected chi connectivity index (χ2v) is 6.38. The lowest BCUT2D eigenvalue weighted by Crippen LogP contribution is -2.24. The Balaban J connectivity index is 1.97. The van der Waals surface area contributed by atoms with Gasteiger partial charge in [-0.25, -0.2) is 9.07 Å². The minimum Gasteiger partial charge on any atom is -0.312 e. The van der Waals surface area contributed by atoms with Crippen LogP contribution in [0.15, 0.2) is 42.5 Å². The number of benzene rings is 2. The molecule has 5 heteroatoms. The molecule has 0 saturated heterocycles. The van der Waals surface area contributed by atoms with Gasteiger partial charge in [0.1, 0.15) is 11.5 Å². The molecule has 1 aromatic heterocycles. The van der Waals surface area contributed by atoms with Gasteiger partial charge in [-0.3, -0.25) is 0 Å². The van der Waals surface area contributed by atoms with Crippen molar-refractivity contribution in [3.05, 3.63) is 70.1 Å². The van der Waals surface area contributed by atoms with E-state index in [-0.39, 0.29) is 5.82 Å². The van der Waals surface area contributed by atoms with Crippen molar-refractivity contribution in [2.75, 3.05) is 6.54 Å². The van der Waals surface area contributed by atoms with E-state index in [4.69, 9.17) is 16.7 Å². The van der Waals surface area contributed by atoms with E-state index in [2.05, 4.69) is 5.32 Å². The summed E-state index contributed by atoms with van der Waals surface area (Å²) >= 11 is 6.28. The molecule has 0 amide bonds. The lowest BCUT2D eigenvalue weighted by molar-refractivity contribution is 0.621. The maximum absolute atomic E-state index is 14.3. The third kappa shape index (κ3) is 2.43. The maximum Gasteiger partial charge on any atom is 0.132 e. The van der Waals surface area contributed by atoms with Crippen molar-refractivity contribution in [2.45, 2.75) is 19.9 Å². The maximum atomic E-state index is 14.3. The van der Waals surface area contributed by atoms with Crippen LogP contribution < -0.4 is 5.32 Å². The van der Waals surface area contributed by atoms with Gasteiger partial charge in [0.2, 0.25) is 0 Å². The molecule has 0 bridgehead atoms. The number of hydrogen-bond donors (Lipinski definition) is 1. The summed E-state index contributed by atoms with van der Waals surface area (Å²) in [7, 11) is 0. The van der Waals surface area contributed by atoms with E-state index in [1.807, 2.05) is 35.9 Å². The highest BCUT2D eigenvalue weighted by molar-refractivity contribution is 6.31. The van der Waals surface area contributed by atoms with Crippen molar-refractivity contribution in [3.63, 3.8) is 0 Å². The van der Waals surface area contributed by atoms with Gasteiger partial charge in [0.15, 0.2) is 0 Å². The van der Waals surface area contributed by atoms with E-state index in [1.165, 1.54) is 6.07 Å². The fraction of sp³-hybridized carbons (Fsp3) is 0.211. The zero-order chi connectivity index (χ0) is 16.7. The van der Waals surface area contributed by atoms with E-state index in [0.29, 0.717) is 22.8 Å². The van der Waals surface area contributed by atoms with E-state index in [0.717, 1.165) is 35.5 Å². The number of hydrogen-bond acceptors (Lipinski definition) is 2. The van der Waals surface area contributed by atoms with Crippen molar-refractivity contribution in [3.8, 4) is 16.9 Å². The zero-order valence-electron chi connectivity index (χ0n) is 13.3. The number of rotatable bonds is 2. The van der Waals surface area contributed by atoms with Gasteiger partial charge in [-0.2, -0.15) is 5.10 Å². The van der Waals surface area contributed by atoms with Gasteiger partial charge in [0, 0.05) is 35.7 Å². The summed E-state index contributed by atoms with van der Waals surface area (Å²) in [5, 5.41) is 8.84. The van der Waals surface area contributed by atoms with Gasteiger partial charge in [-0.15, -0.1) is 0 Å². The third-order valence-electron chi connectivity index (χ3n) is 4.53. The Kier molecular flexibility index (Phi) is 3.87. The Bertz CT molecular complexity index is 917. The van der Waals surface area contributed by atoms with Crippen LogP contribution in [0.25, 0.3) is 16.9 Å². The molecule has 2 heterocycles. The molecule has 3 nitrogen and oxygen atoms in total. The molecule has 24 heavy (non-hydrogen) atoms. The van der Waals surface area contributed by atoms with Gasteiger partial charge >= 0.3 is 0 Å². The fourth-order valence-electron chi connectivity index (χ4n) is 3.24. The second kappa shape index (κ2) is 6.04. The van der Waals surface area contributed by atoms with Gasteiger partial charge < -0.3 is 5.32 Å². The van der Waals surface area contributed by atoms with Crippen LogP contribution in [0.2, 0.25) is 5.02 Å². The molecule has 3 aromatic rings. The smallest absolute Gasteiger partial charge is 0.132 e. The van der Waals surface area contributed by atoms with Crippen molar-refractivity contribution in [2.24, 2.45) is 0 Å². The summed E-state index contributed by atoms with van der Waals surface area (Å²) < 4.78 is 16.2. The summed E-state index contributed by atoms with van der Waals surface area (Å²) in [6, 6.07) is 12.6. The topological polar surface area (TPSA) is 29.9 Å². The van der Waals surface area contributed by atoms with Crippen LogP contribution in [-0.2, 0) is 13.0 Å². The van der Waals surface area contributed by atoms with Crippen molar-refractivity contribution in [1.82, 2.24) is 15.1 Å². The van der Waals surface area contributed by atoms with Crippen molar-refractivity contribution < 1.29 is 4.39 Å². The first-order valence-corrected chi connectivity index (χ1v) is 8.36. The van der Waals surface area contributed by atoms with E-state index in [1.54, 1.807) is 12.1 Å². The summed E-state index contributed by atoms with van der Waals surface area (Å²) in [6.07, 6.45) is 0.850. The molecule has 122 valence electrons. The number of nitrogens with one attached hydrogen (secondary N) is 1. The molecule has 0 spiro atoms. The van der Waals surface area contributed by atoms with Gasteiger partial charge in [0.25, 0.3) is 0 Å². The van der Waals surface area contributed by atoms with Crippen LogP contribution in [-0.4, -0.2) is 16.3 Å². The Labute approximate surface area is 145 Å². The van der Waals surface area contributed by atoms with E-state index in [9.17, 15) is 4.39 Å². The van der Waals surface area contributed by atoms with Crippen molar-refractivity contribution in [1.29, 1.82) is 0 Å². The third-order valence-corrected chi connectivity index (χ3v) is 4.94.